The molecule has 4 nitrogen and oxygen atoms in total. The van der Waals surface area contributed by atoms with Crippen molar-refractivity contribution in [2.24, 2.45) is 0 Å². The number of hydrogen-bond donors (Lipinski definition) is 3. The molecule has 0 unspecified atom stereocenters. The summed E-state index contributed by atoms with van der Waals surface area (Å²) in [5, 5.41) is 15.8. The van der Waals surface area contributed by atoms with Gasteiger partial charge in [0.05, 0.1) is 12.1 Å². The average Bonchev–Trinajstić information content (AvgIpc) is 3.07. The Morgan fingerprint density at radius 3 is 2.47 bits per heavy atom. The molecule has 0 spiro atoms. The molecule has 1 rings (SSSR count). The fourth-order valence-corrected chi connectivity index (χ4v) is 1.35. The molecule has 0 radical (unpaired) electrons. The van der Waals surface area contributed by atoms with E-state index in [1.54, 1.807) is 0 Å². The zero-order chi connectivity index (χ0) is 11.3. The Morgan fingerprint density at radius 1 is 1.40 bits per heavy atom. The molecule has 0 saturated heterocycles. The Morgan fingerprint density at radius 2 is 2.00 bits per heavy atom. The Hall–Kier alpha value is -0.610. The van der Waals surface area contributed by atoms with Gasteiger partial charge in [-0.15, -0.1) is 0 Å². The lowest BCUT2D eigenvalue weighted by Gasteiger charge is -2.25. The second-order valence-electron chi connectivity index (χ2n) is 4.36. The molecule has 0 aromatic rings. The predicted molar refractivity (Wildman–Crippen MR) is 59.6 cm³/mol. The highest BCUT2D eigenvalue weighted by atomic mass is 16.3. The van der Waals surface area contributed by atoms with Gasteiger partial charge in [0, 0.05) is 12.6 Å². The number of nitrogens with one attached hydrogen (secondary N) is 2. The van der Waals surface area contributed by atoms with Crippen molar-refractivity contribution in [1.29, 1.82) is 0 Å². The van der Waals surface area contributed by atoms with Crippen molar-refractivity contribution in [3.8, 4) is 0 Å². The number of carbonyl (C=O) groups is 1. The fourth-order valence-electron chi connectivity index (χ4n) is 1.35. The van der Waals surface area contributed by atoms with E-state index >= 15 is 0 Å². The van der Waals surface area contributed by atoms with E-state index in [1.807, 2.05) is 13.8 Å². The molecule has 0 aliphatic heterocycles. The van der Waals surface area contributed by atoms with Gasteiger partial charge in [-0.25, -0.2) is 0 Å². The molecule has 4 heteroatoms. The molecule has 0 bridgehead atoms. The lowest BCUT2D eigenvalue weighted by atomic mass is 9.98. The zero-order valence-electron chi connectivity index (χ0n) is 9.68. The van der Waals surface area contributed by atoms with Crippen LogP contribution in [-0.4, -0.2) is 35.7 Å². The summed E-state index contributed by atoms with van der Waals surface area (Å²) in [6.07, 6.45) is 3.70. The first-order chi connectivity index (χ1) is 7.09. The van der Waals surface area contributed by atoms with E-state index in [9.17, 15) is 9.90 Å². The Balaban J connectivity index is 2.13. The third-order valence-electron chi connectivity index (χ3n) is 3.06. The monoisotopic (exact) mass is 214 g/mol. The molecule has 15 heavy (non-hydrogen) atoms. The van der Waals surface area contributed by atoms with Crippen molar-refractivity contribution in [1.82, 2.24) is 10.6 Å². The summed E-state index contributed by atoms with van der Waals surface area (Å²) in [6.45, 7) is 4.58. The third kappa shape index (κ3) is 4.62. The van der Waals surface area contributed by atoms with Gasteiger partial charge in [0.15, 0.2) is 0 Å². The van der Waals surface area contributed by atoms with Crippen LogP contribution in [0.4, 0.5) is 0 Å². The topological polar surface area (TPSA) is 61.4 Å². The first-order valence-electron chi connectivity index (χ1n) is 5.82. The van der Waals surface area contributed by atoms with Crippen molar-refractivity contribution in [2.45, 2.75) is 51.2 Å². The van der Waals surface area contributed by atoms with Crippen molar-refractivity contribution < 1.29 is 9.90 Å². The normalized spacial score (nSPS) is 16.5. The maximum absolute atomic E-state index is 11.4. The lowest BCUT2D eigenvalue weighted by Crippen LogP contribution is -2.44. The molecular weight excluding hydrogens is 192 g/mol. The molecule has 1 aliphatic rings. The first kappa shape index (κ1) is 12.5. The number of hydrogen-bond acceptors (Lipinski definition) is 3. The number of carbonyl (C=O) groups excluding carboxylic acids is 1. The van der Waals surface area contributed by atoms with E-state index in [0.29, 0.717) is 32.0 Å². The van der Waals surface area contributed by atoms with Gasteiger partial charge in [-0.1, -0.05) is 13.8 Å². The lowest BCUT2D eigenvalue weighted by molar-refractivity contribution is -0.121. The van der Waals surface area contributed by atoms with Crippen molar-refractivity contribution in [3.05, 3.63) is 0 Å². The number of aliphatic hydroxyl groups is 1. The molecule has 0 heterocycles. The summed E-state index contributed by atoms with van der Waals surface area (Å²) < 4.78 is 0. The summed E-state index contributed by atoms with van der Waals surface area (Å²) in [5.41, 5.74) is -0.741. The van der Waals surface area contributed by atoms with E-state index in [0.717, 1.165) is 0 Å². The molecule has 0 aromatic carbocycles. The van der Waals surface area contributed by atoms with Crippen LogP contribution >= 0.6 is 0 Å². The summed E-state index contributed by atoms with van der Waals surface area (Å²) >= 11 is 0. The van der Waals surface area contributed by atoms with Gasteiger partial charge < -0.3 is 15.7 Å². The van der Waals surface area contributed by atoms with Crippen molar-refractivity contribution >= 4 is 5.91 Å². The largest absolute Gasteiger partial charge is 0.388 e. The van der Waals surface area contributed by atoms with Crippen LogP contribution < -0.4 is 10.6 Å². The van der Waals surface area contributed by atoms with Gasteiger partial charge in [-0.2, -0.15) is 0 Å². The first-order valence-corrected chi connectivity index (χ1v) is 5.82. The maximum atomic E-state index is 11.4. The van der Waals surface area contributed by atoms with Crippen LogP contribution in [0, 0.1) is 0 Å². The zero-order valence-corrected chi connectivity index (χ0v) is 9.68. The summed E-state index contributed by atoms with van der Waals surface area (Å²) in [4.78, 5) is 11.4. The van der Waals surface area contributed by atoms with Crippen LogP contribution in [0.15, 0.2) is 0 Å². The van der Waals surface area contributed by atoms with Gasteiger partial charge in [0.25, 0.3) is 0 Å². The van der Waals surface area contributed by atoms with Crippen LogP contribution in [-0.2, 0) is 4.79 Å². The highest BCUT2D eigenvalue weighted by Gasteiger charge is 2.24. The van der Waals surface area contributed by atoms with Crippen LogP contribution in [0.2, 0.25) is 0 Å². The molecule has 1 fully saturated rings. The molecule has 1 amide bonds. The smallest absolute Gasteiger partial charge is 0.234 e. The molecule has 1 saturated carbocycles. The molecule has 3 N–H and O–H groups in total. The molecule has 88 valence electrons. The van der Waals surface area contributed by atoms with Gasteiger partial charge in [-0.3, -0.25) is 4.79 Å². The minimum atomic E-state index is -0.741. The molecule has 0 aromatic heterocycles. The van der Waals surface area contributed by atoms with E-state index in [1.165, 1.54) is 12.8 Å². The highest BCUT2D eigenvalue weighted by molar-refractivity contribution is 5.78. The van der Waals surface area contributed by atoms with E-state index < -0.39 is 5.60 Å². The van der Waals surface area contributed by atoms with E-state index in [-0.39, 0.29) is 5.91 Å². The van der Waals surface area contributed by atoms with Gasteiger partial charge in [0.2, 0.25) is 5.91 Å². The summed E-state index contributed by atoms with van der Waals surface area (Å²) in [5.74, 6) is -0.0257. The van der Waals surface area contributed by atoms with Gasteiger partial charge >= 0.3 is 0 Å². The Kier molecular flexibility index (Phi) is 4.54. The third-order valence-corrected chi connectivity index (χ3v) is 3.06. The van der Waals surface area contributed by atoms with Crippen LogP contribution in [0.5, 0.6) is 0 Å². The minimum Gasteiger partial charge on any atom is -0.388 e. The van der Waals surface area contributed by atoms with Crippen LogP contribution in [0.1, 0.15) is 39.5 Å². The summed E-state index contributed by atoms with van der Waals surface area (Å²) in [6, 6.07) is 0.548. The minimum absolute atomic E-state index is 0.0257. The second kappa shape index (κ2) is 5.47. The van der Waals surface area contributed by atoms with Crippen molar-refractivity contribution in [3.63, 3.8) is 0 Å². The quantitative estimate of drug-likeness (QED) is 0.575. The van der Waals surface area contributed by atoms with Crippen molar-refractivity contribution in [2.75, 3.05) is 13.1 Å². The predicted octanol–water partition coefficient (Wildman–Crippen LogP) is 0.406. The number of rotatable bonds is 7. The van der Waals surface area contributed by atoms with E-state index in [2.05, 4.69) is 10.6 Å². The van der Waals surface area contributed by atoms with E-state index in [4.69, 9.17) is 0 Å². The SMILES string of the molecule is CCC(O)(CC)CNC(=O)CNC1CC1. The average molecular weight is 214 g/mol. The fraction of sp³-hybridized carbons (Fsp3) is 0.909. The molecule has 0 atom stereocenters. The Labute approximate surface area is 91.4 Å². The highest BCUT2D eigenvalue weighted by Crippen LogP contribution is 2.18. The molecule has 1 aliphatic carbocycles. The second-order valence-corrected chi connectivity index (χ2v) is 4.36. The van der Waals surface area contributed by atoms with Gasteiger partial charge in [-0.05, 0) is 25.7 Å². The van der Waals surface area contributed by atoms with Crippen LogP contribution in [0.25, 0.3) is 0 Å². The number of amides is 1. The standard InChI is InChI=1S/C11H22N2O2/c1-3-11(15,4-2)8-13-10(14)7-12-9-5-6-9/h9,12,15H,3-8H2,1-2H3,(H,13,14). The van der Waals surface area contributed by atoms with Gasteiger partial charge in [0.1, 0.15) is 0 Å². The molecular formula is C11H22N2O2. The maximum Gasteiger partial charge on any atom is 0.234 e. The van der Waals surface area contributed by atoms with Crippen LogP contribution in [0.3, 0.4) is 0 Å². The Bertz CT molecular complexity index is 211. The summed E-state index contributed by atoms with van der Waals surface area (Å²) in [7, 11) is 0.